The van der Waals surface area contributed by atoms with Crippen LogP contribution in [0.15, 0.2) is 5.16 Å². The standard InChI is InChI=1S/C14H28N4O3/c1-4-11(2)18(3)8-7-16-13(19)14(12(15)17-20)5-9-21-10-6-14/h11,20H,4-10H2,1-3H3,(H2,15,17)(H,16,19). The Balaban J connectivity index is 2.58. The van der Waals surface area contributed by atoms with Gasteiger partial charge in [0.2, 0.25) is 5.91 Å². The Morgan fingerprint density at radius 1 is 1.52 bits per heavy atom. The van der Waals surface area contributed by atoms with Crippen LogP contribution in [0.4, 0.5) is 0 Å². The van der Waals surface area contributed by atoms with Crippen LogP contribution < -0.4 is 11.1 Å². The van der Waals surface area contributed by atoms with Crippen LogP contribution in [-0.4, -0.2) is 61.2 Å². The summed E-state index contributed by atoms with van der Waals surface area (Å²) in [5.41, 5.74) is 4.82. The number of rotatable bonds is 7. The van der Waals surface area contributed by atoms with E-state index >= 15 is 0 Å². The highest BCUT2D eigenvalue weighted by Gasteiger charge is 2.44. The van der Waals surface area contributed by atoms with E-state index in [0.29, 0.717) is 38.6 Å². The van der Waals surface area contributed by atoms with Crippen molar-refractivity contribution in [2.24, 2.45) is 16.3 Å². The van der Waals surface area contributed by atoms with Gasteiger partial charge in [0.1, 0.15) is 5.41 Å². The smallest absolute Gasteiger partial charge is 0.234 e. The summed E-state index contributed by atoms with van der Waals surface area (Å²) in [7, 11) is 2.04. The van der Waals surface area contributed by atoms with Gasteiger partial charge in [-0.05, 0) is 33.2 Å². The van der Waals surface area contributed by atoms with E-state index in [-0.39, 0.29) is 11.7 Å². The van der Waals surface area contributed by atoms with Crippen molar-refractivity contribution >= 4 is 11.7 Å². The van der Waals surface area contributed by atoms with Gasteiger partial charge in [0.25, 0.3) is 0 Å². The van der Waals surface area contributed by atoms with E-state index in [1.54, 1.807) is 0 Å². The van der Waals surface area contributed by atoms with Gasteiger partial charge in [-0.1, -0.05) is 12.1 Å². The number of carbonyl (C=O) groups excluding carboxylic acids is 1. The molecule has 4 N–H and O–H groups in total. The number of carbonyl (C=O) groups is 1. The van der Waals surface area contributed by atoms with Crippen LogP contribution in [0.2, 0.25) is 0 Å². The molecule has 1 fully saturated rings. The van der Waals surface area contributed by atoms with Gasteiger partial charge < -0.3 is 25.9 Å². The van der Waals surface area contributed by atoms with E-state index < -0.39 is 5.41 Å². The Morgan fingerprint density at radius 2 is 2.14 bits per heavy atom. The Labute approximate surface area is 126 Å². The van der Waals surface area contributed by atoms with Gasteiger partial charge in [0.15, 0.2) is 5.84 Å². The Morgan fingerprint density at radius 3 is 2.67 bits per heavy atom. The lowest BCUT2D eigenvalue weighted by Gasteiger charge is -2.34. The van der Waals surface area contributed by atoms with Crippen molar-refractivity contribution in [2.45, 2.75) is 39.2 Å². The Hall–Kier alpha value is -1.34. The van der Waals surface area contributed by atoms with Crippen molar-refractivity contribution in [1.82, 2.24) is 10.2 Å². The van der Waals surface area contributed by atoms with Crippen molar-refractivity contribution in [1.29, 1.82) is 0 Å². The molecule has 0 radical (unpaired) electrons. The molecule has 1 unspecified atom stereocenters. The zero-order chi connectivity index (χ0) is 15.9. The number of oxime groups is 1. The Bertz CT molecular complexity index is 367. The fraction of sp³-hybridized carbons (Fsp3) is 0.857. The van der Waals surface area contributed by atoms with E-state index in [4.69, 9.17) is 15.7 Å². The summed E-state index contributed by atoms with van der Waals surface area (Å²) in [5.74, 6) is -0.211. The van der Waals surface area contributed by atoms with Crippen LogP contribution in [0, 0.1) is 5.41 Å². The fourth-order valence-electron chi connectivity index (χ4n) is 2.46. The predicted molar refractivity (Wildman–Crippen MR) is 81.3 cm³/mol. The van der Waals surface area contributed by atoms with E-state index in [2.05, 4.69) is 29.2 Å². The summed E-state index contributed by atoms with van der Waals surface area (Å²) in [4.78, 5) is 14.7. The molecule has 122 valence electrons. The number of amides is 1. The highest BCUT2D eigenvalue weighted by atomic mass is 16.5. The lowest BCUT2D eigenvalue weighted by molar-refractivity contribution is -0.131. The minimum Gasteiger partial charge on any atom is -0.409 e. The maximum absolute atomic E-state index is 12.5. The molecule has 0 aromatic rings. The summed E-state index contributed by atoms with van der Waals surface area (Å²) >= 11 is 0. The first-order valence-electron chi connectivity index (χ1n) is 7.52. The van der Waals surface area contributed by atoms with Crippen molar-refractivity contribution in [3.63, 3.8) is 0 Å². The van der Waals surface area contributed by atoms with Gasteiger partial charge in [-0.15, -0.1) is 0 Å². The first kappa shape index (κ1) is 17.7. The number of amidine groups is 1. The average Bonchev–Trinajstić information content (AvgIpc) is 2.53. The normalized spacial score (nSPS) is 20.3. The number of hydrogen-bond donors (Lipinski definition) is 3. The second-order valence-electron chi connectivity index (χ2n) is 5.67. The van der Waals surface area contributed by atoms with Crippen LogP contribution in [-0.2, 0) is 9.53 Å². The SMILES string of the molecule is CCC(C)N(C)CCNC(=O)C1(C(N)=NO)CCOCC1. The van der Waals surface area contributed by atoms with Crippen molar-refractivity contribution < 1.29 is 14.7 Å². The molecule has 0 bridgehead atoms. The maximum Gasteiger partial charge on any atom is 0.234 e. The Kier molecular flexibility index (Phi) is 6.91. The van der Waals surface area contributed by atoms with Gasteiger partial charge >= 0.3 is 0 Å². The summed E-state index contributed by atoms with van der Waals surface area (Å²) in [6, 6.07) is 0.475. The summed E-state index contributed by atoms with van der Waals surface area (Å²) in [6.45, 7) is 6.48. The van der Waals surface area contributed by atoms with Crippen LogP contribution in [0.3, 0.4) is 0 Å². The number of likely N-dealkylation sites (N-methyl/N-ethyl adjacent to an activating group) is 1. The summed E-state index contributed by atoms with van der Waals surface area (Å²) in [6.07, 6.45) is 1.95. The van der Waals surface area contributed by atoms with Crippen LogP contribution in [0.5, 0.6) is 0 Å². The van der Waals surface area contributed by atoms with Crippen LogP contribution in [0.25, 0.3) is 0 Å². The van der Waals surface area contributed by atoms with E-state index in [1.807, 2.05) is 7.05 Å². The summed E-state index contributed by atoms with van der Waals surface area (Å²) in [5, 5.41) is 14.9. The molecule has 7 nitrogen and oxygen atoms in total. The molecular formula is C14H28N4O3. The van der Waals surface area contributed by atoms with Crippen LogP contribution in [0.1, 0.15) is 33.1 Å². The lowest BCUT2D eigenvalue weighted by Crippen LogP contribution is -2.53. The second-order valence-corrected chi connectivity index (χ2v) is 5.67. The third-order valence-corrected chi connectivity index (χ3v) is 4.47. The molecule has 7 heteroatoms. The first-order chi connectivity index (χ1) is 9.97. The molecule has 1 rings (SSSR count). The molecule has 0 aromatic carbocycles. The zero-order valence-electron chi connectivity index (χ0n) is 13.3. The number of hydrogen-bond acceptors (Lipinski definition) is 5. The maximum atomic E-state index is 12.5. The molecule has 1 aliphatic heterocycles. The van der Waals surface area contributed by atoms with E-state index in [9.17, 15) is 4.79 Å². The molecule has 1 saturated heterocycles. The van der Waals surface area contributed by atoms with Gasteiger partial charge in [-0.2, -0.15) is 0 Å². The lowest BCUT2D eigenvalue weighted by atomic mass is 9.78. The van der Waals surface area contributed by atoms with Crippen LogP contribution >= 0.6 is 0 Å². The first-order valence-corrected chi connectivity index (χ1v) is 7.52. The van der Waals surface area contributed by atoms with Gasteiger partial charge in [-0.25, -0.2) is 0 Å². The molecule has 1 aliphatic rings. The van der Waals surface area contributed by atoms with Crippen molar-refractivity contribution in [3.05, 3.63) is 0 Å². The number of nitrogens with zero attached hydrogens (tertiary/aromatic N) is 2. The average molecular weight is 300 g/mol. The molecule has 0 saturated carbocycles. The second kappa shape index (κ2) is 8.19. The molecule has 0 aliphatic carbocycles. The summed E-state index contributed by atoms with van der Waals surface area (Å²) < 4.78 is 5.28. The minimum atomic E-state index is -0.943. The topological polar surface area (TPSA) is 100 Å². The molecule has 1 amide bonds. The molecule has 0 aromatic heterocycles. The fourth-order valence-corrected chi connectivity index (χ4v) is 2.46. The molecule has 21 heavy (non-hydrogen) atoms. The van der Waals surface area contributed by atoms with Crippen molar-refractivity contribution in [2.75, 3.05) is 33.4 Å². The monoisotopic (exact) mass is 300 g/mol. The predicted octanol–water partition coefficient (Wildman–Crippen LogP) is 0.376. The van der Waals surface area contributed by atoms with E-state index in [1.165, 1.54) is 0 Å². The van der Waals surface area contributed by atoms with Gasteiger partial charge in [0.05, 0.1) is 0 Å². The quantitative estimate of drug-likeness (QED) is 0.273. The van der Waals surface area contributed by atoms with Gasteiger partial charge in [0, 0.05) is 32.3 Å². The molecule has 1 heterocycles. The molecule has 0 spiro atoms. The largest absolute Gasteiger partial charge is 0.409 e. The molecule has 1 atom stereocenters. The third kappa shape index (κ3) is 4.31. The minimum absolute atomic E-state index is 0.0291. The highest BCUT2D eigenvalue weighted by Crippen LogP contribution is 2.31. The number of nitrogens with two attached hydrogens (primary N) is 1. The highest BCUT2D eigenvalue weighted by molar-refractivity contribution is 6.06. The molecular weight excluding hydrogens is 272 g/mol. The van der Waals surface area contributed by atoms with Crippen molar-refractivity contribution in [3.8, 4) is 0 Å². The number of nitrogens with one attached hydrogen (secondary N) is 1. The van der Waals surface area contributed by atoms with E-state index in [0.717, 1.165) is 13.0 Å². The number of ether oxygens (including phenoxy) is 1. The third-order valence-electron chi connectivity index (χ3n) is 4.47. The van der Waals surface area contributed by atoms with Gasteiger partial charge in [-0.3, -0.25) is 4.79 Å². The zero-order valence-corrected chi connectivity index (χ0v) is 13.3.